The fourth-order valence-electron chi connectivity index (χ4n) is 3.36. The SMILES string of the molecule is Cc1cc(C(=O)NCC(=O)N2CCCN(c3ccc(C(F)(F)F)cn3)CC2)c(C)o1. The molecular formula is C20H23F3N4O3. The van der Waals surface area contributed by atoms with E-state index in [1.54, 1.807) is 24.8 Å². The molecule has 10 heteroatoms. The van der Waals surface area contributed by atoms with Gasteiger partial charge in [0.05, 0.1) is 17.7 Å². The van der Waals surface area contributed by atoms with Crippen LogP contribution in [0.1, 0.15) is 33.9 Å². The van der Waals surface area contributed by atoms with Crippen LogP contribution in [0.5, 0.6) is 0 Å². The van der Waals surface area contributed by atoms with Crippen molar-refractivity contribution in [3.63, 3.8) is 0 Å². The summed E-state index contributed by atoms with van der Waals surface area (Å²) in [5, 5.41) is 2.61. The summed E-state index contributed by atoms with van der Waals surface area (Å²) in [5.74, 6) is 0.961. The van der Waals surface area contributed by atoms with E-state index in [2.05, 4.69) is 10.3 Å². The van der Waals surface area contributed by atoms with Crippen LogP contribution in [0, 0.1) is 13.8 Å². The molecule has 1 N–H and O–H groups in total. The number of amides is 2. The minimum absolute atomic E-state index is 0.138. The van der Waals surface area contributed by atoms with E-state index in [9.17, 15) is 22.8 Å². The van der Waals surface area contributed by atoms with Gasteiger partial charge in [0, 0.05) is 32.4 Å². The van der Waals surface area contributed by atoms with Crippen LogP contribution in [0.3, 0.4) is 0 Å². The molecule has 7 nitrogen and oxygen atoms in total. The third-order valence-corrected chi connectivity index (χ3v) is 4.93. The van der Waals surface area contributed by atoms with E-state index in [1.165, 1.54) is 6.07 Å². The number of pyridine rings is 1. The zero-order chi connectivity index (χ0) is 21.9. The predicted molar refractivity (Wildman–Crippen MR) is 103 cm³/mol. The smallest absolute Gasteiger partial charge is 0.417 e. The quantitative estimate of drug-likeness (QED) is 0.817. The van der Waals surface area contributed by atoms with Gasteiger partial charge in [0.1, 0.15) is 17.3 Å². The zero-order valence-corrected chi connectivity index (χ0v) is 16.8. The van der Waals surface area contributed by atoms with Gasteiger partial charge in [0.2, 0.25) is 5.91 Å². The molecule has 1 aliphatic rings. The van der Waals surface area contributed by atoms with Crippen LogP contribution in [0.2, 0.25) is 0 Å². The van der Waals surface area contributed by atoms with Crippen molar-refractivity contribution in [2.45, 2.75) is 26.4 Å². The molecule has 3 rings (SSSR count). The Morgan fingerprint density at radius 1 is 1.17 bits per heavy atom. The highest BCUT2D eigenvalue weighted by atomic mass is 19.4. The van der Waals surface area contributed by atoms with Crippen LogP contribution >= 0.6 is 0 Å². The molecule has 0 unspecified atom stereocenters. The van der Waals surface area contributed by atoms with Crippen LogP contribution in [-0.2, 0) is 11.0 Å². The summed E-state index contributed by atoms with van der Waals surface area (Å²) < 4.78 is 43.4. The third-order valence-electron chi connectivity index (χ3n) is 4.93. The lowest BCUT2D eigenvalue weighted by molar-refractivity contribution is -0.137. The van der Waals surface area contributed by atoms with Crippen molar-refractivity contribution in [3.8, 4) is 0 Å². The summed E-state index contributed by atoms with van der Waals surface area (Å²) in [6.45, 7) is 5.18. The molecule has 1 saturated heterocycles. The van der Waals surface area contributed by atoms with Gasteiger partial charge in [0.25, 0.3) is 5.91 Å². The first-order valence-electron chi connectivity index (χ1n) is 9.56. The summed E-state index contributed by atoms with van der Waals surface area (Å²) in [5.41, 5.74) is -0.396. The first-order chi connectivity index (χ1) is 14.1. The molecule has 0 aromatic carbocycles. The largest absolute Gasteiger partial charge is 0.466 e. The van der Waals surface area contributed by atoms with E-state index in [0.717, 1.165) is 12.3 Å². The number of halogens is 3. The maximum Gasteiger partial charge on any atom is 0.417 e. The van der Waals surface area contributed by atoms with E-state index in [-0.39, 0.29) is 18.4 Å². The number of nitrogens with one attached hydrogen (secondary N) is 1. The van der Waals surface area contributed by atoms with E-state index in [4.69, 9.17) is 4.42 Å². The van der Waals surface area contributed by atoms with Gasteiger partial charge in [0.15, 0.2) is 0 Å². The molecule has 0 aliphatic carbocycles. The number of nitrogens with zero attached hydrogens (tertiary/aromatic N) is 3. The van der Waals surface area contributed by atoms with E-state index in [0.29, 0.717) is 55.5 Å². The summed E-state index contributed by atoms with van der Waals surface area (Å²) in [4.78, 5) is 32.1. The van der Waals surface area contributed by atoms with Crippen molar-refractivity contribution in [1.29, 1.82) is 0 Å². The molecule has 3 heterocycles. The van der Waals surface area contributed by atoms with Gasteiger partial charge in [-0.1, -0.05) is 0 Å². The van der Waals surface area contributed by atoms with Crippen molar-refractivity contribution >= 4 is 17.6 Å². The summed E-state index contributed by atoms with van der Waals surface area (Å²) >= 11 is 0. The molecule has 0 spiro atoms. The Morgan fingerprint density at radius 3 is 2.53 bits per heavy atom. The standard InChI is InChI=1S/C20H23F3N4O3/c1-13-10-16(14(2)30-13)19(29)25-12-18(28)27-7-3-6-26(8-9-27)17-5-4-15(11-24-17)20(21,22)23/h4-5,10-11H,3,6-9,12H2,1-2H3,(H,25,29). The molecule has 0 saturated carbocycles. The van der Waals surface area contributed by atoms with Gasteiger partial charge in [-0.05, 0) is 38.5 Å². The molecule has 0 radical (unpaired) electrons. The fourth-order valence-corrected chi connectivity index (χ4v) is 3.36. The van der Waals surface area contributed by atoms with Gasteiger partial charge in [-0.2, -0.15) is 13.2 Å². The first-order valence-corrected chi connectivity index (χ1v) is 9.56. The van der Waals surface area contributed by atoms with Gasteiger partial charge < -0.3 is 19.5 Å². The molecule has 0 atom stereocenters. The second-order valence-electron chi connectivity index (χ2n) is 7.13. The molecule has 2 amide bonds. The number of anilines is 1. The Labute approximate surface area is 171 Å². The lowest BCUT2D eigenvalue weighted by Gasteiger charge is -2.23. The highest BCUT2D eigenvalue weighted by Gasteiger charge is 2.31. The highest BCUT2D eigenvalue weighted by molar-refractivity contribution is 5.97. The highest BCUT2D eigenvalue weighted by Crippen LogP contribution is 2.29. The average molecular weight is 424 g/mol. The van der Waals surface area contributed by atoms with Crippen molar-refractivity contribution in [2.24, 2.45) is 0 Å². The maximum atomic E-state index is 12.7. The summed E-state index contributed by atoms with van der Waals surface area (Å²) in [6.07, 6.45) is -2.97. The van der Waals surface area contributed by atoms with Crippen molar-refractivity contribution in [2.75, 3.05) is 37.6 Å². The second kappa shape index (κ2) is 8.76. The number of aryl methyl sites for hydroxylation is 2. The van der Waals surface area contributed by atoms with Crippen molar-refractivity contribution < 1.29 is 27.2 Å². The third kappa shape index (κ3) is 5.11. The first kappa shape index (κ1) is 21.7. The number of carbonyl (C=O) groups is 2. The Bertz CT molecular complexity index is 909. The lowest BCUT2D eigenvalue weighted by atomic mass is 10.2. The number of hydrogen-bond donors (Lipinski definition) is 1. The number of alkyl halides is 3. The Kier molecular flexibility index (Phi) is 6.33. The fraction of sp³-hybridized carbons (Fsp3) is 0.450. The Morgan fingerprint density at radius 2 is 1.93 bits per heavy atom. The molecular weight excluding hydrogens is 401 g/mol. The zero-order valence-electron chi connectivity index (χ0n) is 16.8. The molecule has 0 bridgehead atoms. The minimum atomic E-state index is -4.42. The Balaban J connectivity index is 1.53. The maximum absolute atomic E-state index is 12.7. The predicted octanol–water partition coefficient (Wildman–Crippen LogP) is 2.78. The van der Waals surface area contributed by atoms with Gasteiger partial charge in [-0.3, -0.25) is 9.59 Å². The molecule has 2 aromatic heterocycles. The van der Waals surface area contributed by atoms with Gasteiger partial charge in [-0.15, -0.1) is 0 Å². The summed E-state index contributed by atoms with van der Waals surface area (Å²) in [6, 6.07) is 3.97. The molecule has 30 heavy (non-hydrogen) atoms. The van der Waals surface area contributed by atoms with Crippen LogP contribution < -0.4 is 10.2 Å². The van der Waals surface area contributed by atoms with Crippen LogP contribution in [0.25, 0.3) is 0 Å². The number of hydrogen-bond acceptors (Lipinski definition) is 5. The molecule has 1 aliphatic heterocycles. The topological polar surface area (TPSA) is 78.7 Å². The Hall–Kier alpha value is -3.04. The number of carbonyl (C=O) groups excluding carboxylic acids is 2. The lowest BCUT2D eigenvalue weighted by Crippen LogP contribution is -2.42. The second-order valence-corrected chi connectivity index (χ2v) is 7.13. The molecule has 162 valence electrons. The number of furan rings is 1. The van der Waals surface area contributed by atoms with Crippen LogP contribution in [-0.4, -0.2) is 54.4 Å². The van der Waals surface area contributed by atoms with Gasteiger partial charge in [-0.25, -0.2) is 4.98 Å². The normalized spacial score (nSPS) is 15.1. The minimum Gasteiger partial charge on any atom is -0.466 e. The van der Waals surface area contributed by atoms with Gasteiger partial charge >= 0.3 is 6.18 Å². The van der Waals surface area contributed by atoms with Crippen LogP contribution in [0.15, 0.2) is 28.8 Å². The molecule has 2 aromatic rings. The number of aromatic nitrogens is 1. The van der Waals surface area contributed by atoms with Crippen LogP contribution in [0.4, 0.5) is 19.0 Å². The molecule has 1 fully saturated rings. The monoisotopic (exact) mass is 424 g/mol. The number of rotatable bonds is 4. The van der Waals surface area contributed by atoms with E-state index >= 15 is 0 Å². The van der Waals surface area contributed by atoms with E-state index < -0.39 is 11.7 Å². The average Bonchev–Trinajstić information content (AvgIpc) is 2.90. The summed E-state index contributed by atoms with van der Waals surface area (Å²) in [7, 11) is 0. The van der Waals surface area contributed by atoms with Crippen molar-refractivity contribution in [1.82, 2.24) is 15.2 Å². The van der Waals surface area contributed by atoms with Crippen molar-refractivity contribution in [3.05, 3.63) is 47.0 Å². The van der Waals surface area contributed by atoms with E-state index in [1.807, 2.05) is 4.90 Å².